The maximum Gasteiger partial charge on any atom is 0.269 e. The number of halogens is 2. The second-order valence-electron chi connectivity index (χ2n) is 4.70. The zero-order valence-corrected chi connectivity index (χ0v) is 12.3. The summed E-state index contributed by atoms with van der Waals surface area (Å²) < 4.78 is 25.5. The molecule has 0 aromatic heterocycles. The summed E-state index contributed by atoms with van der Waals surface area (Å²) in [5, 5.41) is 2.31. The topological polar surface area (TPSA) is 87.3 Å². The van der Waals surface area contributed by atoms with Gasteiger partial charge in [-0.1, -0.05) is 0 Å². The van der Waals surface area contributed by atoms with E-state index >= 15 is 0 Å². The predicted molar refractivity (Wildman–Crippen MR) is 80.7 cm³/mol. The minimum Gasteiger partial charge on any atom is -0.343 e. The molecule has 0 heterocycles. The summed E-state index contributed by atoms with van der Waals surface area (Å²) in [6, 6.07) is 9.53. The molecule has 0 atom stereocenters. The number of carbonyl (C=O) groups is 3. The van der Waals surface area contributed by atoms with Crippen LogP contribution in [0.5, 0.6) is 0 Å². The van der Waals surface area contributed by atoms with Gasteiger partial charge in [-0.05, 0) is 48.5 Å². The first-order valence-electron chi connectivity index (χ1n) is 6.84. The maximum absolute atomic E-state index is 12.7. The lowest BCUT2D eigenvalue weighted by molar-refractivity contribution is -0.120. The van der Waals surface area contributed by atoms with Crippen LogP contribution in [0.3, 0.4) is 0 Å². The van der Waals surface area contributed by atoms with Crippen LogP contribution in [0, 0.1) is 11.6 Å². The van der Waals surface area contributed by atoms with Gasteiger partial charge < -0.3 is 5.32 Å². The Hall–Kier alpha value is -3.29. The van der Waals surface area contributed by atoms with Crippen LogP contribution in [-0.4, -0.2) is 24.3 Å². The third kappa shape index (κ3) is 4.87. The molecule has 3 amide bonds. The normalized spacial score (nSPS) is 9.92. The molecule has 0 bridgehead atoms. The van der Waals surface area contributed by atoms with Crippen molar-refractivity contribution in [3.8, 4) is 0 Å². The Morgan fingerprint density at radius 3 is 1.67 bits per heavy atom. The lowest BCUT2D eigenvalue weighted by Gasteiger charge is -2.08. The zero-order valence-electron chi connectivity index (χ0n) is 12.3. The van der Waals surface area contributed by atoms with E-state index in [0.717, 1.165) is 24.3 Å². The van der Waals surface area contributed by atoms with Crippen molar-refractivity contribution in [2.24, 2.45) is 0 Å². The van der Waals surface area contributed by atoms with Gasteiger partial charge in [-0.25, -0.2) is 8.78 Å². The van der Waals surface area contributed by atoms with Crippen LogP contribution in [0.25, 0.3) is 0 Å². The highest BCUT2D eigenvalue weighted by Gasteiger charge is 2.10. The second kappa shape index (κ2) is 7.82. The van der Waals surface area contributed by atoms with Crippen molar-refractivity contribution in [2.45, 2.75) is 0 Å². The molecular formula is C16H13F2N3O3. The first kappa shape index (κ1) is 17.1. The number of rotatable bonds is 4. The fraction of sp³-hybridized carbons (Fsp3) is 0.0625. The van der Waals surface area contributed by atoms with Crippen LogP contribution in [0.4, 0.5) is 8.78 Å². The van der Waals surface area contributed by atoms with Gasteiger partial charge in [-0.15, -0.1) is 0 Å². The Morgan fingerprint density at radius 1 is 0.708 bits per heavy atom. The molecule has 6 nitrogen and oxygen atoms in total. The first-order valence-corrected chi connectivity index (χ1v) is 6.84. The van der Waals surface area contributed by atoms with Crippen molar-refractivity contribution in [3.05, 3.63) is 71.3 Å². The molecule has 0 aliphatic heterocycles. The lowest BCUT2D eigenvalue weighted by Crippen LogP contribution is -2.46. The maximum atomic E-state index is 12.7. The van der Waals surface area contributed by atoms with Crippen molar-refractivity contribution in [1.82, 2.24) is 16.2 Å². The quantitative estimate of drug-likeness (QED) is 0.734. The number of hydrogen-bond donors (Lipinski definition) is 3. The average molecular weight is 333 g/mol. The van der Waals surface area contributed by atoms with Crippen molar-refractivity contribution in [2.75, 3.05) is 6.54 Å². The van der Waals surface area contributed by atoms with Gasteiger partial charge in [0.15, 0.2) is 0 Å². The number of carbonyl (C=O) groups excluding carboxylic acids is 3. The van der Waals surface area contributed by atoms with E-state index in [1.807, 2.05) is 0 Å². The molecule has 0 spiro atoms. The molecule has 8 heteroatoms. The number of hydrogen-bond acceptors (Lipinski definition) is 3. The van der Waals surface area contributed by atoms with E-state index in [0.29, 0.717) is 0 Å². The fourth-order valence-electron chi connectivity index (χ4n) is 1.71. The van der Waals surface area contributed by atoms with E-state index in [1.165, 1.54) is 24.3 Å². The summed E-state index contributed by atoms with van der Waals surface area (Å²) in [5.41, 5.74) is 4.59. The standard InChI is InChI=1S/C16H13F2N3O3/c17-12-5-1-10(2-6-12)15(23)19-9-14(22)20-21-16(24)11-3-7-13(18)8-4-11/h1-8H,9H2,(H,19,23)(H,20,22)(H,21,24). The molecule has 0 radical (unpaired) electrons. The lowest BCUT2D eigenvalue weighted by atomic mass is 10.2. The third-order valence-corrected chi connectivity index (χ3v) is 2.94. The SMILES string of the molecule is O=C(CNC(=O)c1ccc(F)cc1)NNC(=O)c1ccc(F)cc1. The van der Waals surface area contributed by atoms with E-state index in [2.05, 4.69) is 16.2 Å². The average Bonchev–Trinajstić information content (AvgIpc) is 2.58. The molecule has 0 saturated heterocycles. The van der Waals surface area contributed by atoms with Crippen LogP contribution >= 0.6 is 0 Å². The van der Waals surface area contributed by atoms with Gasteiger partial charge in [0.1, 0.15) is 11.6 Å². The molecular weight excluding hydrogens is 320 g/mol. The van der Waals surface area contributed by atoms with Crippen molar-refractivity contribution in [1.29, 1.82) is 0 Å². The van der Waals surface area contributed by atoms with E-state index in [4.69, 9.17) is 0 Å². The van der Waals surface area contributed by atoms with Crippen LogP contribution < -0.4 is 16.2 Å². The molecule has 3 N–H and O–H groups in total. The molecule has 24 heavy (non-hydrogen) atoms. The van der Waals surface area contributed by atoms with Gasteiger partial charge in [-0.2, -0.15) is 0 Å². The molecule has 0 saturated carbocycles. The molecule has 0 aliphatic rings. The van der Waals surface area contributed by atoms with Gasteiger partial charge >= 0.3 is 0 Å². The Labute approximate surface area is 135 Å². The van der Waals surface area contributed by atoms with Gasteiger partial charge in [0.05, 0.1) is 6.54 Å². The summed E-state index contributed by atoms with van der Waals surface area (Å²) in [7, 11) is 0. The van der Waals surface area contributed by atoms with Crippen molar-refractivity contribution >= 4 is 17.7 Å². The molecule has 0 unspecified atom stereocenters. The summed E-state index contributed by atoms with van der Waals surface area (Å²) in [6.07, 6.45) is 0. The summed E-state index contributed by atoms with van der Waals surface area (Å²) in [5.74, 6) is -2.82. The number of nitrogens with one attached hydrogen (secondary N) is 3. The second-order valence-corrected chi connectivity index (χ2v) is 4.70. The Morgan fingerprint density at radius 2 is 1.17 bits per heavy atom. The van der Waals surface area contributed by atoms with Crippen LogP contribution in [-0.2, 0) is 4.79 Å². The molecule has 0 fully saturated rings. The van der Waals surface area contributed by atoms with Crippen molar-refractivity contribution < 1.29 is 23.2 Å². The zero-order chi connectivity index (χ0) is 17.5. The summed E-state index contributed by atoms with van der Waals surface area (Å²) >= 11 is 0. The molecule has 124 valence electrons. The van der Waals surface area contributed by atoms with E-state index in [1.54, 1.807) is 0 Å². The summed E-state index contributed by atoms with van der Waals surface area (Å²) in [6.45, 7) is -0.389. The minimum atomic E-state index is -0.666. The number of benzene rings is 2. The number of amides is 3. The highest BCUT2D eigenvalue weighted by atomic mass is 19.1. The molecule has 2 aromatic rings. The highest BCUT2D eigenvalue weighted by Crippen LogP contribution is 2.02. The fourth-order valence-corrected chi connectivity index (χ4v) is 1.71. The molecule has 2 rings (SSSR count). The predicted octanol–water partition coefficient (Wildman–Crippen LogP) is 1.16. The third-order valence-electron chi connectivity index (χ3n) is 2.94. The molecule has 0 aliphatic carbocycles. The van der Waals surface area contributed by atoms with Gasteiger partial charge in [-0.3, -0.25) is 25.2 Å². The van der Waals surface area contributed by atoms with E-state index in [-0.39, 0.29) is 17.7 Å². The Balaban J connectivity index is 1.77. The monoisotopic (exact) mass is 333 g/mol. The first-order chi connectivity index (χ1) is 11.5. The largest absolute Gasteiger partial charge is 0.343 e. The van der Waals surface area contributed by atoms with Crippen LogP contribution in [0.1, 0.15) is 20.7 Å². The van der Waals surface area contributed by atoms with E-state index in [9.17, 15) is 23.2 Å². The summed E-state index contributed by atoms with van der Waals surface area (Å²) in [4.78, 5) is 35.0. The van der Waals surface area contributed by atoms with Crippen molar-refractivity contribution in [3.63, 3.8) is 0 Å². The van der Waals surface area contributed by atoms with Crippen LogP contribution in [0.15, 0.2) is 48.5 Å². The number of hydrazine groups is 1. The Bertz CT molecular complexity index is 683. The molecule has 2 aromatic carbocycles. The Kier molecular flexibility index (Phi) is 5.56. The van der Waals surface area contributed by atoms with Gasteiger partial charge in [0.2, 0.25) is 0 Å². The van der Waals surface area contributed by atoms with E-state index < -0.39 is 29.4 Å². The van der Waals surface area contributed by atoms with Crippen LogP contribution in [0.2, 0.25) is 0 Å². The van der Waals surface area contributed by atoms with Gasteiger partial charge in [0, 0.05) is 11.1 Å². The van der Waals surface area contributed by atoms with Gasteiger partial charge in [0.25, 0.3) is 17.7 Å². The minimum absolute atomic E-state index is 0.159. The smallest absolute Gasteiger partial charge is 0.269 e. The highest BCUT2D eigenvalue weighted by molar-refractivity contribution is 5.98.